The highest BCUT2D eigenvalue weighted by atomic mass is 16.6. The molecule has 1 aromatic rings. The predicted molar refractivity (Wildman–Crippen MR) is 123 cm³/mol. The van der Waals surface area contributed by atoms with Gasteiger partial charge in [-0.2, -0.15) is 0 Å². The Morgan fingerprint density at radius 2 is 1.84 bits per heavy atom. The molecule has 1 amide bonds. The quantitative estimate of drug-likeness (QED) is 0.702. The van der Waals surface area contributed by atoms with Gasteiger partial charge in [-0.15, -0.1) is 0 Å². The van der Waals surface area contributed by atoms with Crippen LogP contribution in [0, 0.1) is 11.3 Å². The Hall–Kier alpha value is -1.59. The van der Waals surface area contributed by atoms with E-state index in [4.69, 9.17) is 4.74 Å². The molecule has 5 heteroatoms. The van der Waals surface area contributed by atoms with E-state index in [0.717, 1.165) is 44.1 Å². The minimum Gasteiger partial charge on any atom is -0.450 e. The SMILES string of the molecule is CCOC(=O)N1CCC2(CC(N3CCC(C4CCCN4Cc4ccccc4)CC3)C2)C1. The zero-order chi connectivity index (χ0) is 21.3. The molecule has 1 aromatic carbocycles. The number of amides is 1. The van der Waals surface area contributed by atoms with Crippen LogP contribution in [0.15, 0.2) is 30.3 Å². The van der Waals surface area contributed by atoms with Gasteiger partial charge in [0.25, 0.3) is 0 Å². The van der Waals surface area contributed by atoms with Gasteiger partial charge in [0.05, 0.1) is 6.61 Å². The number of hydrogen-bond acceptors (Lipinski definition) is 4. The molecule has 1 spiro atoms. The Balaban J connectivity index is 1.08. The van der Waals surface area contributed by atoms with Crippen LogP contribution in [-0.4, -0.2) is 72.2 Å². The first-order valence-electron chi connectivity index (χ1n) is 12.6. The van der Waals surface area contributed by atoms with Crippen LogP contribution in [0.4, 0.5) is 4.79 Å². The number of rotatable bonds is 5. The molecule has 0 radical (unpaired) electrons. The third kappa shape index (κ3) is 4.49. The van der Waals surface area contributed by atoms with E-state index in [1.165, 1.54) is 63.7 Å². The molecule has 0 aromatic heterocycles. The molecule has 1 saturated carbocycles. The van der Waals surface area contributed by atoms with Gasteiger partial charge in [0.1, 0.15) is 0 Å². The van der Waals surface area contributed by atoms with Crippen molar-refractivity contribution in [3.63, 3.8) is 0 Å². The number of likely N-dealkylation sites (tertiary alicyclic amines) is 3. The normalized spacial score (nSPS) is 32.5. The molecule has 1 aliphatic carbocycles. The van der Waals surface area contributed by atoms with E-state index in [1.807, 2.05) is 11.8 Å². The first-order chi connectivity index (χ1) is 15.2. The zero-order valence-corrected chi connectivity index (χ0v) is 19.2. The summed E-state index contributed by atoms with van der Waals surface area (Å²) in [6.45, 7) is 9.08. The van der Waals surface area contributed by atoms with Gasteiger partial charge < -0.3 is 14.5 Å². The van der Waals surface area contributed by atoms with Gasteiger partial charge in [-0.3, -0.25) is 4.90 Å². The van der Waals surface area contributed by atoms with E-state index in [2.05, 4.69) is 40.1 Å². The van der Waals surface area contributed by atoms with Gasteiger partial charge in [0, 0.05) is 31.7 Å². The van der Waals surface area contributed by atoms with Gasteiger partial charge in [-0.1, -0.05) is 30.3 Å². The van der Waals surface area contributed by atoms with Crippen LogP contribution >= 0.6 is 0 Å². The molecule has 5 rings (SSSR count). The lowest BCUT2D eigenvalue weighted by molar-refractivity contribution is -0.0162. The van der Waals surface area contributed by atoms with E-state index in [-0.39, 0.29) is 6.09 Å². The van der Waals surface area contributed by atoms with Crippen molar-refractivity contribution in [2.75, 3.05) is 39.3 Å². The lowest BCUT2D eigenvalue weighted by atomic mass is 9.64. The molecule has 3 heterocycles. The molecule has 31 heavy (non-hydrogen) atoms. The number of carbonyl (C=O) groups is 1. The minimum absolute atomic E-state index is 0.111. The zero-order valence-electron chi connectivity index (χ0n) is 19.2. The molecular weight excluding hydrogens is 386 g/mol. The smallest absolute Gasteiger partial charge is 0.409 e. The molecule has 4 fully saturated rings. The Morgan fingerprint density at radius 3 is 2.58 bits per heavy atom. The molecule has 4 aliphatic rings. The fourth-order valence-electron chi connectivity index (χ4n) is 6.91. The van der Waals surface area contributed by atoms with Crippen molar-refractivity contribution in [1.29, 1.82) is 0 Å². The van der Waals surface area contributed by atoms with E-state index in [0.29, 0.717) is 12.0 Å². The Bertz CT molecular complexity index is 740. The maximum Gasteiger partial charge on any atom is 0.409 e. The summed E-state index contributed by atoms with van der Waals surface area (Å²) in [4.78, 5) is 19.5. The van der Waals surface area contributed by atoms with Crippen LogP contribution in [0.25, 0.3) is 0 Å². The summed E-state index contributed by atoms with van der Waals surface area (Å²) in [7, 11) is 0. The molecule has 5 nitrogen and oxygen atoms in total. The first kappa shape index (κ1) is 21.3. The standard InChI is InChI=1S/C26H39N3O2/c1-2-31-25(30)29-16-12-26(20-29)17-23(18-26)27-14-10-22(11-15-27)24-9-6-13-28(24)19-21-7-4-3-5-8-21/h3-5,7-8,22-24H,2,6,9-20H2,1H3. The van der Waals surface area contributed by atoms with E-state index in [9.17, 15) is 4.79 Å². The van der Waals surface area contributed by atoms with Crippen LogP contribution in [0.5, 0.6) is 0 Å². The largest absolute Gasteiger partial charge is 0.450 e. The molecule has 3 aliphatic heterocycles. The Morgan fingerprint density at radius 1 is 1.06 bits per heavy atom. The third-order valence-electron chi connectivity index (χ3n) is 8.58. The minimum atomic E-state index is -0.111. The topological polar surface area (TPSA) is 36.0 Å². The number of benzene rings is 1. The first-order valence-corrected chi connectivity index (χ1v) is 12.6. The highest BCUT2D eigenvalue weighted by Crippen LogP contribution is 2.51. The van der Waals surface area contributed by atoms with Crippen LogP contribution in [0.3, 0.4) is 0 Å². The van der Waals surface area contributed by atoms with E-state index < -0.39 is 0 Å². The Kier molecular flexibility index (Phi) is 6.25. The maximum atomic E-state index is 12.0. The number of ether oxygens (including phenoxy) is 1. The Labute approximate surface area is 187 Å². The average Bonchev–Trinajstić information content (AvgIpc) is 3.42. The van der Waals surface area contributed by atoms with Crippen molar-refractivity contribution in [1.82, 2.24) is 14.7 Å². The van der Waals surface area contributed by atoms with Crippen LogP contribution in [-0.2, 0) is 11.3 Å². The highest BCUT2D eigenvalue weighted by molar-refractivity contribution is 5.68. The molecular formula is C26H39N3O2. The summed E-state index contributed by atoms with van der Waals surface area (Å²) >= 11 is 0. The second-order valence-corrected chi connectivity index (χ2v) is 10.5. The maximum absolute atomic E-state index is 12.0. The van der Waals surface area contributed by atoms with Crippen LogP contribution in [0.2, 0.25) is 0 Å². The van der Waals surface area contributed by atoms with Gasteiger partial charge >= 0.3 is 6.09 Å². The van der Waals surface area contributed by atoms with Gasteiger partial charge in [-0.25, -0.2) is 4.79 Å². The van der Waals surface area contributed by atoms with Crippen molar-refractivity contribution in [2.24, 2.45) is 11.3 Å². The predicted octanol–water partition coefficient (Wildman–Crippen LogP) is 4.37. The third-order valence-corrected chi connectivity index (χ3v) is 8.58. The number of piperidine rings is 1. The fraction of sp³-hybridized carbons (Fsp3) is 0.731. The van der Waals surface area contributed by atoms with E-state index >= 15 is 0 Å². The second kappa shape index (κ2) is 9.11. The molecule has 1 atom stereocenters. The van der Waals surface area contributed by atoms with Crippen LogP contribution in [0.1, 0.15) is 57.4 Å². The van der Waals surface area contributed by atoms with Crippen molar-refractivity contribution < 1.29 is 9.53 Å². The molecule has 1 unspecified atom stereocenters. The van der Waals surface area contributed by atoms with Crippen LogP contribution < -0.4 is 0 Å². The van der Waals surface area contributed by atoms with Gasteiger partial charge in [-0.05, 0) is 88.4 Å². The van der Waals surface area contributed by atoms with Gasteiger partial charge in [0.2, 0.25) is 0 Å². The molecule has 170 valence electrons. The van der Waals surface area contributed by atoms with Crippen molar-refractivity contribution in [3.05, 3.63) is 35.9 Å². The van der Waals surface area contributed by atoms with Gasteiger partial charge in [0.15, 0.2) is 0 Å². The number of carbonyl (C=O) groups excluding carboxylic acids is 1. The summed E-state index contributed by atoms with van der Waals surface area (Å²) in [6, 6.07) is 12.5. The monoisotopic (exact) mass is 425 g/mol. The van der Waals surface area contributed by atoms with Crippen molar-refractivity contribution in [3.8, 4) is 0 Å². The summed E-state index contributed by atoms with van der Waals surface area (Å²) in [6.07, 6.45) is 9.06. The molecule has 0 bridgehead atoms. The summed E-state index contributed by atoms with van der Waals surface area (Å²) in [5.41, 5.74) is 1.84. The summed E-state index contributed by atoms with van der Waals surface area (Å²) in [5.74, 6) is 0.863. The summed E-state index contributed by atoms with van der Waals surface area (Å²) in [5, 5.41) is 0. The second-order valence-electron chi connectivity index (χ2n) is 10.5. The average molecular weight is 426 g/mol. The highest BCUT2D eigenvalue weighted by Gasteiger charge is 2.51. The number of nitrogens with zero attached hydrogens (tertiary/aromatic N) is 3. The van der Waals surface area contributed by atoms with Crippen molar-refractivity contribution >= 4 is 6.09 Å². The molecule has 3 saturated heterocycles. The summed E-state index contributed by atoms with van der Waals surface area (Å²) < 4.78 is 5.21. The lowest BCUT2D eigenvalue weighted by Gasteiger charge is -2.52. The van der Waals surface area contributed by atoms with E-state index in [1.54, 1.807) is 0 Å². The number of hydrogen-bond donors (Lipinski definition) is 0. The lowest BCUT2D eigenvalue weighted by Crippen LogP contribution is -2.55. The van der Waals surface area contributed by atoms with Crippen molar-refractivity contribution in [2.45, 2.75) is 70.5 Å². The fourth-order valence-corrected chi connectivity index (χ4v) is 6.91. The molecule has 0 N–H and O–H groups in total.